The van der Waals surface area contributed by atoms with Gasteiger partial charge >= 0.3 is 6.18 Å². The van der Waals surface area contributed by atoms with E-state index in [1.54, 1.807) is 18.3 Å². The summed E-state index contributed by atoms with van der Waals surface area (Å²) < 4.78 is 45.3. The number of halogens is 3. The molecule has 0 spiro atoms. The van der Waals surface area contributed by atoms with Crippen molar-refractivity contribution in [1.29, 1.82) is 0 Å². The van der Waals surface area contributed by atoms with Gasteiger partial charge in [-0.2, -0.15) is 18.2 Å². The number of anilines is 2. The average Bonchev–Trinajstić information content (AvgIpc) is 2.78. The molecule has 1 unspecified atom stereocenters. The lowest BCUT2D eigenvalue weighted by Crippen LogP contribution is -2.40. The Hall–Kier alpha value is -3.13. The topological polar surface area (TPSA) is 50.3 Å². The molecule has 1 fully saturated rings. The number of nitrogens with one attached hydrogen (secondary N) is 1. The van der Waals surface area contributed by atoms with Crippen molar-refractivity contribution >= 4 is 11.8 Å². The molecular weight excluding hydrogens is 393 g/mol. The largest absolute Gasteiger partial charge is 0.416 e. The van der Waals surface area contributed by atoms with Crippen LogP contribution in [0, 0.1) is 0 Å². The molecule has 0 aliphatic carbocycles. The second-order valence-corrected chi connectivity index (χ2v) is 6.94. The Bertz CT molecular complexity index is 981. The smallest absolute Gasteiger partial charge is 0.377 e. The SMILES string of the molecule is FC(F)(F)c1ccccc1CNc1nccc(N2CCOCC2c2ccccc2)n1. The van der Waals surface area contributed by atoms with Gasteiger partial charge in [0.05, 0.1) is 24.8 Å². The highest BCUT2D eigenvalue weighted by atomic mass is 19.4. The quantitative estimate of drug-likeness (QED) is 0.657. The van der Waals surface area contributed by atoms with E-state index in [1.165, 1.54) is 12.1 Å². The Morgan fingerprint density at radius 2 is 1.80 bits per heavy atom. The summed E-state index contributed by atoms with van der Waals surface area (Å²) in [6.07, 6.45) is -2.80. The van der Waals surface area contributed by atoms with Crippen molar-refractivity contribution in [2.45, 2.75) is 18.8 Å². The minimum atomic E-state index is -4.41. The fraction of sp³-hybridized carbons (Fsp3) is 0.273. The maximum absolute atomic E-state index is 13.2. The molecule has 1 atom stereocenters. The molecule has 5 nitrogen and oxygen atoms in total. The van der Waals surface area contributed by atoms with Crippen LogP contribution in [0.1, 0.15) is 22.7 Å². The molecule has 0 saturated carbocycles. The van der Waals surface area contributed by atoms with Gasteiger partial charge < -0.3 is 15.0 Å². The zero-order valence-corrected chi connectivity index (χ0v) is 16.1. The first-order chi connectivity index (χ1) is 14.5. The van der Waals surface area contributed by atoms with Crippen LogP contribution in [0.4, 0.5) is 24.9 Å². The van der Waals surface area contributed by atoms with E-state index < -0.39 is 11.7 Å². The first kappa shape index (κ1) is 20.2. The van der Waals surface area contributed by atoms with Crippen molar-refractivity contribution in [3.63, 3.8) is 0 Å². The summed E-state index contributed by atoms with van der Waals surface area (Å²) >= 11 is 0. The zero-order chi connectivity index (χ0) is 21.0. The van der Waals surface area contributed by atoms with Crippen LogP contribution in [-0.4, -0.2) is 29.7 Å². The Labute approximate surface area is 172 Å². The Kier molecular flexibility index (Phi) is 5.85. The van der Waals surface area contributed by atoms with E-state index in [9.17, 15) is 13.2 Å². The molecule has 30 heavy (non-hydrogen) atoms. The van der Waals surface area contributed by atoms with E-state index >= 15 is 0 Å². The van der Waals surface area contributed by atoms with Gasteiger partial charge in [0.1, 0.15) is 5.82 Å². The highest BCUT2D eigenvalue weighted by Gasteiger charge is 2.32. The van der Waals surface area contributed by atoms with Crippen LogP contribution in [0.5, 0.6) is 0 Å². The molecule has 8 heteroatoms. The molecule has 1 aliphatic heterocycles. The van der Waals surface area contributed by atoms with Crippen molar-refractivity contribution in [3.05, 3.63) is 83.6 Å². The lowest BCUT2D eigenvalue weighted by molar-refractivity contribution is -0.138. The van der Waals surface area contributed by atoms with Gasteiger partial charge in [-0.3, -0.25) is 0 Å². The third kappa shape index (κ3) is 4.54. The summed E-state index contributed by atoms with van der Waals surface area (Å²) in [5, 5.41) is 2.93. The maximum atomic E-state index is 13.2. The molecule has 4 rings (SSSR count). The number of hydrogen-bond donors (Lipinski definition) is 1. The molecule has 3 aromatic rings. The van der Waals surface area contributed by atoms with E-state index in [1.807, 2.05) is 30.3 Å². The molecule has 2 aromatic carbocycles. The summed E-state index contributed by atoms with van der Waals surface area (Å²) in [4.78, 5) is 10.9. The van der Waals surface area contributed by atoms with E-state index in [0.717, 1.165) is 11.6 Å². The summed E-state index contributed by atoms with van der Waals surface area (Å²) in [6.45, 7) is 1.75. The number of rotatable bonds is 5. The predicted octanol–water partition coefficient (Wildman–Crippen LogP) is 4.69. The van der Waals surface area contributed by atoms with Gasteiger partial charge in [-0.05, 0) is 23.3 Å². The fourth-order valence-corrected chi connectivity index (χ4v) is 3.55. The molecule has 156 valence electrons. The van der Waals surface area contributed by atoms with Gasteiger partial charge in [-0.15, -0.1) is 0 Å². The summed E-state index contributed by atoms with van der Waals surface area (Å²) in [7, 11) is 0. The van der Waals surface area contributed by atoms with Gasteiger partial charge in [0.15, 0.2) is 0 Å². The molecule has 1 aromatic heterocycles. The molecule has 0 amide bonds. The standard InChI is InChI=1S/C22H21F3N4O/c23-22(24,25)18-9-5-4-8-17(18)14-27-21-26-11-10-20(28-21)29-12-13-30-15-19(29)16-6-2-1-3-7-16/h1-11,19H,12-15H2,(H,26,27,28). The first-order valence-electron chi connectivity index (χ1n) is 9.64. The Morgan fingerprint density at radius 3 is 2.60 bits per heavy atom. The molecule has 1 aliphatic rings. The molecule has 1 saturated heterocycles. The Balaban J connectivity index is 1.53. The highest BCUT2D eigenvalue weighted by molar-refractivity contribution is 5.46. The van der Waals surface area contributed by atoms with Crippen molar-refractivity contribution in [3.8, 4) is 0 Å². The zero-order valence-electron chi connectivity index (χ0n) is 16.1. The van der Waals surface area contributed by atoms with E-state index in [0.29, 0.717) is 25.6 Å². The first-order valence-corrected chi connectivity index (χ1v) is 9.64. The van der Waals surface area contributed by atoms with Gasteiger partial charge in [0, 0.05) is 19.3 Å². The predicted molar refractivity (Wildman–Crippen MR) is 108 cm³/mol. The lowest BCUT2D eigenvalue weighted by Gasteiger charge is -2.36. The number of hydrogen-bond acceptors (Lipinski definition) is 5. The summed E-state index contributed by atoms with van der Waals surface area (Å²) in [5.41, 5.74) is 0.600. The minimum absolute atomic E-state index is 0.00801. The highest BCUT2D eigenvalue weighted by Crippen LogP contribution is 2.32. The van der Waals surface area contributed by atoms with E-state index in [4.69, 9.17) is 4.74 Å². The van der Waals surface area contributed by atoms with Crippen molar-refractivity contribution in [2.24, 2.45) is 0 Å². The molecule has 0 bridgehead atoms. The Morgan fingerprint density at radius 1 is 1.03 bits per heavy atom. The van der Waals surface area contributed by atoms with Crippen molar-refractivity contribution in [1.82, 2.24) is 9.97 Å². The van der Waals surface area contributed by atoms with Crippen LogP contribution in [0.2, 0.25) is 0 Å². The van der Waals surface area contributed by atoms with Crippen LogP contribution >= 0.6 is 0 Å². The van der Waals surface area contributed by atoms with Crippen LogP contribution < -0.4 is 10.2 Å². The van der Waals surface area contributed by atoms with E-state index in [-0.39, 0.29) is 24.1 Å². The number of ether oxygens (including phenoxy) is 1. The summed E-state index contributed by atoms with van der Waals surface area (Å²) in [6, 6.07) is 17.3. The lowest BCUT2D eigenvalue weighted by atomic mass is 10.1. The summed E-state index contributed by atoms with van der Waals surface area (Å²) in [5.74, 6) is 0.983. The molecule has 2 heterocycles. The van der Waals surface area contributed by atoms with Crippen molar-refractivity contribution < 1.29 is 17.9 Å². The molecule has 1 N–H and O–H groups in total. The van der Waals surface area contributed by atoms with Gasteiger partial charge in [-0.1, -0.05) is 48.5 Å². The van der Waals surface area contributed by atoms with Gasteiger partial charge in [0.25, 0.3) is 0 Å². The van der Waals surface area contributed by atoms with Crippen LogP contribution in [0.3, 0.4) is 0 Å². The number of aromatic nitrogens is 2. The monoisotopic (exact) mass is 414 g/mol. The molecular formula is C22H21F3N4O. The van der Waals surface area contributed by atoms with Crippen LogP contribution in [0.25, 0.3) is 0 Å². The fourth-order valence-electron chi connectivity index (χ4n) is 3.55. The number of nitrogens with zero attached hydrogens (tertiary/aromatic N) is 3. The number of morpholine rings is 1. The van der Waals surface area contributed by atoms with Crippen LogP contribution in [-0.2, 0) is 17.5 Å². The third-order valence-electron chi connectivity index (χ3n) is 5.01. The van der Waals surface area contributed by atoms with E-state index in [2.05, 4.69) is 20.2 Å². The number of alkyl halides is 3. The second kappa shape index (κ2) is 8.71. The average molecular weight is 414 g/mol. The number of benzene rings is 2. The maximum Gasteiger partial charge on any atom is 0.416 e. The normalized spacial score (nSPS) is 17.0. The second-order valence-electron chi connectivity index (χ2n) is 6.94. The minimum Gasteiger partial charge on any atom is -0.377 e. The van der Waals surface area contributed by atoms with Gasteiger partial charge in [0.2, 0.25) is 5.95 Å². The van der Waals surface area contributed by atoms with Crippen molar-refractivity contribution in [2.75, 3.05) is 30.0 Å². The van der Waals surface area contributed by atoms with Crippen LogP contribution in [0.15, 0.2) is 66.9 Å². The third-order valence-corrected chi connectivity index (χ3v) is 5.01. The van der Waals surface area contributed by atoms with Gasteiger partial charge in [-0.25, -0.2) is 4.98 Å². The molecule has 0 radical (unpaired) electrons.